The normalized spacial score (nSPS) is 10.1. The van der Waals surface area contributed by atoms with Crippen LogP contribution in [0.1, 0.15) is 27.6 Å². The Hall–Kier alpha value is -1.66. The molecule has 2 aromatic carbocycles. The molecule has 114 valence electrons. The fraction of sp³-hybridized carbons (Fsp3) is 0.125. The molecule has 0 spiro atoms. The van der Waals surface area contributed by atoms with E-state index in [1.165, 1.54) is 0 Å². The molecule has 2 aromatic rings. The molecule has 0 aliphatic carbocycles. The molecule has 0 aliphatic rings. The van der Waals surface area contributed by atoms with Crippen molar-refractivity contribution in [3.8, 4) is 0 Å². The zero-order chi connectivity index (χ0) is 16.1. The van der Waals surface area contributed by atoms with Crippen LogP contribution in [-0.4, -0.2) is 18.5 Å². The third-order valence-corrected chi connectivity index (χ3v) is 4.01. The van der Waals surface area contributed by atoms with Gasteiger partial charge < -0.3 is 10.1 Å². The molecular formula is C16H13Br2NO3. The number of hydrogen-bond acceptors (Lipinski definition) is 3. The minimum atomic E-state index is -0.380. The van der Waals surface area contributed by atoms with Crippen LogP contribution in [0.15, 0.2) is 51.4 Å². The second-order valence-electron chi connectivity index (χ2n) is 4.38. The van der Waals surface area contributed by atoms with E-state index >= 15 is 0 Å². The van der Waals surface area contributed by atoms with E-state index in [4.69, 9.17) is 4.74 Å². The van der Waals surface area contributed by atoms with E-state index in [-0.39, 0.29) is 11.9 Å². The highest BCUT2D eigenvalue weighted by molar-refractivity contribution is 9.11. The number of amides is 1. The third kappa shape index (κ3) is 4.18. The molecular weight excluding hydrogens is 414 g/mol. The number of nitrogens with one attached hydrogen (secondary N) is 1. The standard InChI is InChI=1S/C16H13Br2NO3/c1-2-22-16(21)10-3-6-12(7-4-10)19-15(20)13-9-11(17)5-8-14(13)18/h3-9H,2H2,1H3,(H,19,20). The van der Waals surface area contributed by atoms with Gasteiger partial charge in [0.1, 0.15) is 0 Å². The summed E-state index contributed by atoms with van der Waals surface area (Å²) >= 11 is 6.69. The highest BCUT2D eigenvalue weighted by atomic mass is 79.9. The summed E-state index contributed by atoms with van der Waals surface area (Å²) in [7, 11) is 0. The smallest absolute Gasteiger partial charge is 0.338 e. The van der Waals surface area contributed by atoms with Crippen LogP contribution in [0.3, 0.4) is 0 Å². The maximum absolute atomic E-state index is 12.3. The Morgan fingerprint density at radius 1 is 1.09 bits per heavy atom. The molecule has 0 unspecified atom stereocenters. The maximum atomic E-state index is 12.3. The number of hydrogen-bond donors (Lipinski definition) is 1. The van der Waals surface area contributed by atoms with E-state index in [0.717, 1.165) is 4.47 Å². The summed E-state index contributed by atoms with van der Waals surface area (Å²) in [6, 6.07) is 11.9. The van der Waals surface area contributed by atoms with Crippen molar-refractivity contribution in [2.75, 3.05) is 11.9 Å². The van der Waals surface area contributed by atoms with Gasteiger partial charge in [-0.1, -0.05) is 15.9 Å². The van der Waals surface area contributed by atoms with Crippen LogP contribution in [0, 0.1) is 0 Å². The third-order valence-electron chi connectivity index (χ3n) is 2.83. The lowest BCUT2D eigenvalue weighted by atomic mass is 10.2. The minimum Gasteiger partial charge on any atom is -0.462 e. The van der Waals surface area contributed by atoms with Gasteiger partial charge in [-0.3, -0.25) is 4.79 Å². The first-order chi connectivity index (χ1) is 10.5. The Morgan fingerprint density at radius 2 is 1.77 bits per heavy atom. The van der Waals surface area contributed by atoms with E-state index in [2.05, 4.69) is 37.2 Å². The lowest BCUT2D eigenvalue weighted by Gasteiger charge is -2.08. The topological polar surface area (TPSA) is 55.4 Å². The predicted octanol–water partition coefficient (Wildman–Crippen LogP) is 4.64. The first-order valence-corrected chi connectivity index (χ1v) is 8.13. The van der Waals surface area contributed by atoms with Gasteiger partial charge in [0, 0.05) is 14.6 Å². The van der Waals surface area contributed by atoms with Gasteiger partial charge in [0.05, 0.1) is 17.7 Å². The Kier molecular flexibility index (Phi) is 5.74. The summed E-state index contributed by atoms with van der Waals surface area (Å²) in [6.45, 7) is 2.08. The predicted molar refractivity (Wildman–Crippen MR) is 92.2 cm³/mol. The van der Waals surface area contributed by atoms with Crippen LogP contribution in [0.5, 0.6) is 0 Å². The van der Waals surface area contributed by atoms with Crippen molar-refractivity contribution in [3.63, 3.8) is 0 Å². The molecule has 2 rings (SSSR count). The van der Waals surface area contributed by atoms with Gasteiger partial charge in [-0.2, -0.15) is 0 Å². The van der Waals surface area contributed by atoms with Gasteiger partial charge in [-0.05, 0) is 65.3 Å². The molecule has 0 heterocycles. The summed E-state index contributed by atoms with van der Waals surface area (Å²) in [5.41, 5.74) is 1.57. The van der Waals surface area contributed by atoms with Crippen LogP contribution in [-0.2, 0) is 4.74 Å². The van der Waals surface area contributed by atoms with Crippen LogP contribution < -0.4 is 5.32 Å². The van der Waals surface area contributed by atoms with E-state index in [9.17, 15) is 9.59 Å². The number of carbonyl (C=O) groups excluding carboxylic acids is 2. The van der Waals surface area contributed by atoms with Crippen molar-refractivity contribution in [2.45, 2.75) is 6.92 Å². The fourth-order valence-electron chi connectivity index (χ4n) is 1.77. The maximum Gasteiger partial charge on any atom is 0.338 e. The second kappa shape index (κ2) is 7.56. The number of ether oxygens (including phenoxy) is 1. The fourth-order valence-corrected chi connectivity index (χ4v) is 2.56. The average molecular weight is 427 g/mol. The Bertz CT molecular complexity index is 699. The van der Waals surface area contributed by atoms with Crippen molar-refractivity contribution in [3.05, 3.63) is 62.5 Å². The van der Waals surface area contributed by atoms with Crippen molar-refractivity contribution < 1.29 is 14.3 Å². The molecule has 0 atom stereocenters. The Morgan fingerprint density at radius 3 is 2.41 bits per heavy atom. The molecule has 0 saturated heterocycles. The number of anilines is 1. The van der Waals surface area contributed by atoms with Gasteiger partial charge in [0.15, 0.2) is 0 Å². The number of esters is 1. The molecule has 1 N–H and O–H groups in total. The molecule has 22 heavy (non-hydrogen) atoms. The lowest BCUT2D eigenvalue weighted by molar-refractivity contribution is 0.0526. The van der Waals surface area contributed by atoms with E-state index in [1.54, 1.807) is 43.3 Å². The molecule has 0 radical (unpaired) electrons. The van der Waals surface area contributed by atoms with Crippen LogP contribution in [0.2, 0.25) is 0 Å². The number of halogens is 2. The average Bonchev–Trinajstić information content (AvgIpc) is 2.50. The number of benzene rings is 2. The monoisotopic (exact) mass is 425 g/mol. The van der Waals surface area contributed by atoms with Crippen LogP contribution >= 0.6 is 31.9 Å². The van der Waals surface area contributed by atoms with Gasteiger partial charge in [-0.25, -0.2) is 4.79 Å². The largest absolute Gasteiger partial charge is 0.462 e. The van der Waals surface area contributed by atoms with E-state index < -0.39 is 0 Å². The van der Waals surface area contributed by atoms with Gasteiger partial charge in [0.2, 0.25) is 0 Å². The van der Waals surface area contributed by atoms with E-state index in [1.807, 2.05) is 6.07 Å². The highest BCUT2D eigenvalue weighted by Gasteiger charge is 2.12. The summed E-state index contributed by atoms with van der Waals surface area (Å²) in [6.07, 6.45) is 0. The zero-order valence-electron chi connectivity index (χ0n) is 11.7. The van der Waals surface area contributed by atoms with Crippen molar-refractivity contribution >= 4 is 49.4 Å². The number of carbonyl (C=O) groups is 2. The quantitative estimate of drug-likeness (QED) is 0.724. The summed E-state index contributed by atoms with van der Waals surface area (Å²) < 4.78 is 6.43. The Balaban J connectivity index is 2.12. The van der Waals surface area contributed by atoms with Gasteiger partial charge in [-0.15, -0.1) is 0 Å². The van der Waals surface area contributed by atoms with Crippen LogP contribution in [0.4, 0.5) is 5.69 Å². The zero-order valence-corrected chi connectivity index (χ0v) is 14.9. The Labute approximate surface area is 145 Å². The van der Waals surface area contributed by atoms with Crippen molar-refractivity contribution in [1.82, 2.24) is 0 Å². The van der Waals surface area contributed by atoms with Gasteiger partial charge in [0.25, 0.3) is 5.91 Å². The van der Waals surface area contributed by atoms with Gasteiger partial charge >= 0.3 is 5.97 Å². The molecule has 6 heteroatoms. The second-order valence-corrected chi connectivity index (χ2v) is 6.15. The summed E-state index contributed by atoms with van der Waals surface area (Å²) in [5, 5.41) is 2.78. The molecule has 0 aromatic heterocycles. The van der Waals surface area contributed by atoms with Crippen LogP contribution in [0.25, 0.3) is 0 Å². The van der Waals surface area contributed by atoms with E-state index in [0.29, 0.717) is 27.9 Å². The summed E-state index contributed by atoms with van der Waals surface area (Å²) in [4.78, 5) is 23.8. The van der Waals surface area contributed by atoms with Crippen molar-refractivity contribution in [2.24, 2.45) is 0 Å². The molecule has 0 bridgehead atoms. The lowest BCUT2D eigenvalue weighted by Crippen LogP contribution is -2.13. The first-order valence-electron chi connectivity index (χ1n) is 6.55. The molecule has 0 saturated carbocycles. The molecule has 0 aliphatic heterocycles. The van der Waals surface area contributed by atoms with Crippen molar-refractivity contribution in [1.29, 1.82) is 0 Å². The SMILES string of the molecule is CCOC(=O)c1ccc(NC(=O)c2cc(Br)ccc2Br)cc1. The first kappa shape index (κ1) is 16.7. The summed E-state index contributed by atoms with van der Waals surface area (Å²) in [5.74, 6) is -0.618. The minimum absolute atomic E-state index is 0.239. The number of rotatable bonds is 4. The molecule has 1 amide bonds. The molecule has 0 fully saturated rings. The molecule has 4 nitrogen and oxygen atoms in total. The highest BCUT2D eigenvalue weighted by Crippen LogP contribution is 2.22.